The van der Waals surface area contributed by atoms with Crippen molar-refractivity contribution >= 4 is 0 Å². The highest BCUT2D eigenvalue weighted by molar-refractivity contribution is 4.95. The third kappa shape index (κ3) is 0.586. The van der Waals surface area contributed by atoms with E-state index in [1.54, 1.807) is 19.3 Å². The maximum Gasteiger partial charge on any atom is -0.0380 e. The maximum atomic E-state index is 2.33. The summed E-state index contributed by atoms with van der Waals surface area (Å²) in [6.45, 7) is 2.33. The van der Waals surface area contributed by atoms with Gasteiger partial charge in [-0.1, -0.05) is 13.3 Å². The molecular weight excluding hydrogens is 96.1 g/mol. The summed E-state index contributed by atoms with van der Waals surface area (Å²) < 4.78 is 0. The van der Waals surface area contributed by atoms with Gasteiger partial charge in [0.1, 0.15) is 0 Å². The molecule has 0 aromatic rings. The fraction of sp³-hybridized carbons (Fsp3) is 1.00. The minimum atomic E-state index is 1.12. The second-order valence-corrected chi connectivity index (χ2v) is 3.50. The topological polar surface area (TPSA) is 0 Å². The fourth-order valence-corrected chi connectivity index (χ4v) is 2.17. The summed E-state index contributed by atoms with van der Waals surface area (Å²) in [5.41, 5.74) is 0. The molecule has 0 heterocycles. The van der Waals surface area contributed by atoms with E-state index in [-0.39, 0.29) is 0 Å². The van der Waals surface area contributed by atoms with Crippen LogP contribution in [0.25, 0.3) is 0 Å². The summed E-state index contributed by atoms with van der Waals surface area (Å²) in [6.07, 6.45) is 6.16. The predicted octanol–water partition coefficient (Wildman–Crippen LogP) is 2.44. The Balaban J connectivity index is 1.89. The molecular formula is C8H14. The lowest BCUT2D eigenvalue weighted by Gasteiger charge is -2.04. The second kappa shape index (κ2) is 1.49. The van der Waals surface area contributed by atoms with Gasteiger partial charge in [-0.05, 0) is 37.0 Å². The molecule has 0 heteroatoms. The van der Waals surface area contributed by atoms with Gasteiger partial charge in [-0.3, -0.25) is 0 Å². The molecule has 0 aromatic heterocycles. The van der Waals surface area contributed by atoms with E-state index in [0.29, 0.717) is 0 Å². The van der Waals surface area contributed by atoms with E-state index in [4.69, 9.17) is 0 Å². The molecule has 8 heavy (non-hydrogen) atoms. The van der Waals surface area contributed by atoms with Gasteiger partial charge < -0.3 is 0 Å². The first kappa shape index (κ1) is 4.84. The Morgan fingerprint density at radius 2 is 1.75 bits per heavy atom. The van der Waals surface area contributed by atoms with Gasteiger partial charge in [0.25, 0.3) is 0 Å². The van der Waals surface area contributed by atoms with Crippen LogP contribution in [-0.2, 0) is 0 Å². The normalized spacial score (nSPS) is 51.4. The highest BCUT2D eigenvalue weighted by Gasteiger charge is 2.44. The van der Waals surface area contributed by atoms with E-state index in [9.17, 15) is 0 Å². The molecule has 46 valence electrons. The standard InChI is InChI=1S/C8H14/c1-2-6-3-7-5-8(7)4-6/h6-8H,2-5H2,1H3. The van der Waals surface area contributed by atoms with Crippen molar-refractivity contribution < 1.29 is 0 Å². The predicted molar refractivity (Wildman–Crippen MR) is 34.6 cm³/mol. The van der Waals surface area contributed by atoms with Crippen molar-refractivity contribution in [2.24, 2.45) is 17.8 Å². The van der Waals surface area contributed by atoms with Gasteiger partial charge in [0, 0.05) is 0 Å². The Kier molecular flexibility index (Phi) is 0.902. The molecule has 0 N–H and O–H groups in total. The van der Waals surface area contributed by atoms with Crippen molar-refractivity contribution in [2.45, 2.75) is 32.6 Å². The van der Waals surface area contributed by atoms with Crippen LogP contribution in [-0.4, -0.2) is 0 Å². The molecule has 2 unspecified atom stereocenters. The molecule has 2 saturated carbocycles. The van der Waals surface area contributed by atoms with Crippen LogP contribution in [0.1, 0.15) is 32.6 Å². The number of hydrogen-bond acceptors (Lipinski definition) is 0. The molecule has 2 fully saturated rings. The SMILES string of the molecule is CCC1CC2CC2C1. The summed E-state index contributed by atoms with van der Waals surface area (Å²) >= 11 is 0. The molecule has 2 atom stereocenters. The van der Waals surface area contributed by atoms with Crippen molar-refractivity contribution in [1.29, 1.82) is 0 Å². The average Bonchev–Trinajstić information content (AvgIpc) is 2.40. The molecule has 2 rings (SSSR count). The Morgan fingerprint density at radius 3 is 2.12 bits per heavy atom. The average molecular weight is 110 g/mol. The molecule has 0 amide bonds. The lowest BCUT2D eigenvalue weighted by Crippen LogP contribution is -1.92. The van der Waals surface area contributed by atoms with E-state index in [1.807, 2.05) is 0 Å². The van der Waals surface area contributed by atoms with Crippen LogP contribution < -0.4 is 0 Å². The molecule has 0 spiro atoms. The molecule has 0 aliphatic heterocycles. The van der Waals surface area contributed by atoms with Crippen LogP contribution in [0.2, 0.25) is 0 Å². The smallest absolute Gasteiger partial charge is 0.0380 e. The molecule has 0 radical (unpaired) electrons. The first-order valence-electron chi connectivity index (χ1n) is 3.90. The number of rotatable bonds is 1. The third-order valence-corrected chi connectivity index (χ3v) is 2.92. The summed E-state index contributed by atoms with van der Waals surface area (Å²) in [4.78, 5) is 0. The van der Waals surface area contributed by atoms with Crippen LogP contribution >= 0.6 is 0 Å². The van der Waals surface area contributed by atoms with Crippen LogP contribution in [0.4, 0.5) is 0 Å². The van der Waals surface area contributed by atoms with E-state index in [1.165, 1.54) is 18.3 Å². The molecule has 0 saturated heterocycles. The third-order valence-electron chi connectivity index (χ3n) is 2.92. The quantitative estimate of drug-likeness (QED) is 0.486. The van der Waals surface area contributed by atoms with Gasteiger partial charge >= 0.3 is 0 Å². The monoisotopic (exact) mass is 110 g/mol. The van der Waals surface area contributed by atoms with E-state index in [2.05, 4.69) is 6.92 Å². The van der Waals surface area contributed by atoms with Gasteiger partial charge in [0.05, 0.1) is 0 Å². The van der Waals surface area contributed by atoms with E-state index in [0.717, 1.165) is 5.92 Å². The highest BCUT2D eigenvalue weighted by atomic mass is 14.5. The van der Waals surface area contributed by atoms with Crippen molar-refractivity contribution in [2.75, 3.05) is 0 Å². The van der Waals surface area contributed by atoms with Gasteiger partial charge in [0.15, 0.2) is 0 Å². The first-order chi connectivity index (χ1) is 3.90. The summed E-state index contributed by atoms with van der Waals surface area (Å²) in [5.74, 6) is 3.51. The van der Waals surface area contributed by atoms with Crippen molar-refractivity contribution in [1.82, 2.24) is 0 Å². The lowest BCUT2D eigenvalue weighted by molar-refractivity contribution is 0.473. The van der Waals surface area contributed by atoms with Gasteiger partial charge in [0.2, 0.25) is 0 Å². The van der Waals surface area contributed by atoms with E-state index >= 15 is 0 Å². The first-order valence-corrected chi connectivity index (χ1v) is 3.90. The summed E-state index contributed by atoms with van der Waals surface area (Å²) in [7, 11) is 0. The molecule has 2 aliphatic rings. The Morgan fingerprint density at radius 1 is 1.12 bits per heavy atom. The van der Waals surface area contributed by atoms with Crippen LogP contribution in [0.5, 0.6) is 0 Å². The Bertz CT molecular complexity index is 86.2. The van der Waals surface area contributed by atoms with Crippen LogP contribution in [0.3, 0.4) is 0 Å². The zero-order chi connectivity index (χ0) is 5.56. The second-order valence-electron chi connectivity index (χ2n) is 3.50. The van der Waals surface area contributed by atoms with E-state index < -0.39 is 0 Å². The van der Waals surface area contributed by atoms with Crippen LogP contribution in [0, 0.1) is 17.8 Å². The van der Waals surface area contributed by atoms with Gasteiger partial charge in [-0.25, -0.2) is 0 Å². The summed E-state index contributed by atoms with van der Waals surface area (Å²) in [6, 6.07) is 0. The number of fused-ring (bicyclic) bond motifs is 1. The maximum absolute atomic E-state index is 2.33. The van der Waals surface area contributed by atoms with Crippen LogP contribution in [0.15, 0.2) is 0 Å². The molecule has 0 bridgehead atoms. The Hall–Kier alpha value is 0. The Labute approximate surface area is 51.3 Å². The zero-order valence-corrected chi connectivity index (χ0v) is 5.56. The molecule has 2 aliphatic carbocycles. The van der Waals surface area contributed by atoms with Crippen molar-refractivity contribution in [3.05, 3.63) is 0 Å². The number of hydrogen-bond donors (Lipinski definition) is 0. The van der Waals surface area contributed by atoms with Crippen molar-refractivity contribution in [3.8, 4) is 0 Å². The minimum Gasteiger partial charge on any atom is -0.0651 e. The lowest BCUT2D eigenvalue weighted by atomic mass is 10.0. The molecule has 0 aromatic carbocycles. The van der Waals surface area contributed by atoms with Gasteiger partial charge in [-0.15, -0.1) is 0 Å². The molecule has 0 nitrogen and oxygen atoms in total. The van der Waals surface area contributed by atoms with Crippen molar-refractivity contribution in [3.63, 3.8) is 0 Å². The van der Waals surface area contributed by atoms with Gasteiger partial charge in [-0.2, -0.15) is 0 Å². The minimum absolute atomic E-state index is 1.12. The fourth-order valence-electron chi connectivity index (χ4n) is 2.17. The highest BCUT2D eigenvalue weighted by Crippen LogP contribution is 2.54. The zero-order valence-electron chi connectivity index (χ0n) is 5.56. The summed E-state index contributed by atoms with van der Waals surface area (Å²) in [5, 5.41) is 0. The largest absolute Gasteiger partial charge is 0.0651 e.